The SMILES string of the molecule is CC[C@H](C(=O)NC(C)C)N(Cc1cccc(OC)c1)C(=O)CCc1cccc2ccccc12. The van der Waals surface area contributed by atoms with Gasteiger partial charge in [0.1, 0.15) is 11.8 Å². The van der Waals surface area contributed by atoms with Crippen LogP contribution in [0.1, 0.15) is 44.7 Å². The van der Waals surface area contributed by atoms with Crippen molar-refractivity contribution in [3.8, 4) is 5.75 Å². The Hall–Kier alpha value is -3.34. The number of ether oxygens (including phenoxy) is 1. The Kier molecular flexibility index (Phi) is 8.47. The standard InChI is InChI=1S/C28H34N2O3/c1-5-26(28(32)29-20(2)3)30(19-21-10-8-14-24(18-21)33-4)27(31)17-16-23-13-9-12-22-11-6-7-15-25(22)23/h6-15,18,20,26H,5,16-17,19H2,1-4H3,(H,29,32)/t26-/m1/s1. The summed E-state index contributed by atoms with van der Waals surface area (Å²) >= 11 is 0. The molecule has 0 aromatic heterocycles. The molecule has 1 N–H and O–H groups in total. The zero-order chi connectivity index (χ0) is 23.8. The molecule has 0 radical (unpaired) electrons. The Labute approximate surface area is 196 Å². The summed E-state index contributed by atoms with van der Waals surface area (Å²) in [7, 11) is 1.62. The van der Waals surface area contributed by atoms with Gasteiger partial charge in [-0.15, -0.1) is 0 Å². The number of carbonyl (C=O) groups is 2. The Bertz CT molecular complexity index is 1090. The zero-order valence-electron chi connectivity index (χ0n) is 20.0. The van der Waals surface area contributed by atoms with E-state index in [0.29, 0.717) is 25.8 Å². The first kappa shape index (κ1) is 24.3. The van der Waals surface area contributed by atoms with Gasteiger partial charge in [-0.2, -0.15) is 0 Å². The second-order valence-corrected chi connectivity index (χ2v) is 8.60. The fraction of sp³-hybridized carbons (Fsp3) is 0.357. The van der Waals surface area contributed by atoms with Crippen LogP contribution >= 0.6 is 0 Å². The number of fused-ring (bicyclic) bond motifs is 1. The molecule has 5 nitrogen and oxygen atoms in total. The van der Waals surface area contributed by atoms with E-state index in [-0.39, 0.29) is 17.9 Å². The minimum atomic E-state index is -0.529. The van der Waals surface area contributed by atoms with Crippen LogP contribution in [0.5, 0.6) is 5.75 Å². The number of nitrogens with zero attached hydrogens (tertiary/aromatic N) is 1. The average molecular weight is 447 g/mol. The maximum absolute atomic E-state index is 13.5. The molecule has 0 aliphatic heterocycles. The maximum atomic E-state index is 13.5. The number of hydrogen-bond acceptors (Lipinski definition) is 3. The molecule has 2 amide bonds. The molecule has 3 rings (SSSR count). The molecule has 5 heteroatoms. The molecule has 174 valence electrons. The van der Waals surface area contributed by atoms with E-state index in [0.717, 1.165) is 22.3 Å². The Balaban J connectivity index is 1.84. The van der Waals surface area contributed by atoms with Crippen molar-refractivity contribution in [2.45, 2.75) is 58.7 Å². The van der Waals surface area contributed by atoms with Crippen molar-refractivity contribution in [1.29, 1.82) is 0 Å². The molecule has 0 unspecified atom stereocenters. The molecule has 0 bridgehead atoms. The topological polar surface area (TPSA) is 58.6 Å². The minimum absolute atomic E-state index is 0.0102. The fourth-order valence-corrected chi connectivity index (χ4v) is 4.16. The number of benzene rings is 3. The highest BCUT2D eigenvalue weighted by molar-refractivity contribution is 5.89. The third-order valence-corrected chi connectivity index (χ3v) is 5.79. The summed E-state index contributed by atoms with van der Waals surface area (Å²) < 4.78 is 5.35. The first-order valence-electron chi connectivity index (χ1n) is 11.6. The zero-order valence-corrected chi connectivity index (χ0v) is 20.0. The summed E-state index contributed by atoms with van der Waals surface area (Å²) in [5, 5.41) is 5.31. The van der Waals surface area contributed by atoms with E-state index in [1.165, 1.54) is 5.39 Å². The van der Waals surface area contributed by atoms with E-state index in [2.05, 4.69) is 29.6 Å². The number of rotatable bonds is 10. The lowest BCUT2D eigenvalue weighted by atomic mass is 10.00. The summed E-state index contributed by atoms with van der Waals surface area (Å²) in [6.45, 7) is 6.16. The van der Waals surface area contributed by atoms with Crippen molar-refractivity contribution in [1.82, 2.24) is 10.2 Å². The number of methoxy groups -OCH3 is 1. The Morgan fingerprint density at radius 3 is 2.45 bits per heavy atom. The van der Waals surface area contributed by atoms with E-state index in [4.69, 9.17) is 4.74 Å². The molecule has 0 saturated carbocycles. The van der Waals surface area contributed by atoms with Crippen LogP contribution in [0.4, 0.5) is 0 Å². The molecule has 33 heavy (non-hydrogen) atoms. The lowest BCUT2D eigenvalue weighted by molar-refractivity contribution is -0.141. The third-order valence-electron chi connectivity index (χ3n) is 5.79. The monoisotopic (exact) mass is 446 g/mol. The smallest absolute Gasteiger partial charge is 0.243 e. The molecule has 0 saturated heterocycles. The first-order chi connectivity index (χ1) is 15.9. The van der Waals surface area contributed by atoms with Crippen LogP contribution < -0.4 is 10.1 Å². The summed E-state index contributed by atoms with van der Waals surface area (Å²) in [5.74, 6) is 0.584. The van der Waals surface area contributed by atoms with Crippen molar-refractivity contribution < 1.29 is 14.3 Å². The van der Waals surface area contributed by atoms with Crippen LogP contribution in [0.15, 0.2) is 66.7 Å². The van der Waals surface area contributed by atoms with E-state index in [1.807, 2.05) is 63.2 Å². The summed E-state index contributed by atoms with van der Waals surface area (Å²) in [4.78, 5) is 28.2. The molecule has 0 spiro atoms. The molecular formula is C28H34N2O3. The van der Waals surface area contributed by atoms with Gasteiger partial charge < -0.3 is 15.0 Å². The van der Waals surface area contributed by atoms with Crippen molar-refractivity contribution in [3.05, 3.63) is 77.9 Å². The van der Waals surface area contributed by atoms with E-state index in [9.17, 15) is 9.59 Å². The summed E-state index contributed by atoms with van der Waals surface area (Å²) in [6.07, 6.45) is 1.50. The van der Waals surface area contributed by atoms with Crippen LogP contribution in [0.2, 0.25) is 0 Å². The molecule has 3 aromatic rings. The highest BCUT2D eigenvalue weighted by Gasteiger charge is 2.28. The second-order valence-electron chi connectivity index (χ2n) is 8.60. The van der Waals surface area contributed by atoms with E-state index in [1.54, 1.807) is 12.0 Å². The fourth-order valence-electron chi connectivity index (χ4n) is 4.16. The number of hydrogen-bond donors (Lipinski definition) is 1. The van der Waals surface area contributed by atoms with Crippen molar-refractivity contribution in [2.75, 3.05) is 7.11 Å². The molecule has 3 aromatic carbocycles. The number of carbonyl (C=O) groups excluding carboxylic acids is 2. The van der Waals surface area contributed by atoms with Crippen molar-refractivity contribution in [3.63, 3.8) is 0 Å². The predicted octanol–water partition coefficient (Wildman–Crippen LogP) is 5.11. The lowest BCUT2D eigenvalue weighted by Gasteiger charge is -2.31. The van der Waals surface area contributed by atoms with Gasteiger partial charge in [-0.25, -0.2) is 0 Å². The summed E-state index contributed by atoms with van der Waals surface area (Å²) in [5.41, 5.74) is 2.08. The van der Waals surface area contributed by atoms with Gasteiger partial charge in [0.2, 0.25) is 11.8 Å². The predicted molar refractivity (Wildman–Crippen MR) is 133 cm³/mol. The van der Waals surface area contributed by atoms with Gasteiger partial charge in [0.25, 0.3) is 0 Å². The number of aryl methyl sites for hydroxylation is 1. The molecule has 0 aliphatic rings. The maximum Gasteiger partial charge on any atom is 0.243 e. The highest BCUT2D eigenvalue weighted by atomic mass is 16.5. The van der Waals surface area contributed by atoms with Crippen LogP contribution in [0, 0.1) is 0 Å². The molecule has 1 atom stereocenters. The first-order valence-corrected chi connectivity index (χ1v) is 11.6. The van der Waals surface area contributed by atoms with Crippen molar-refractivity contribution in [2.24, 2.45) is 0 Å². The van der Waals surface area contributed by atoms with Gasteiger partial charge in [0.15, 0.2) is 0 Å². The van der Waals surface area contributed by atoms with Crippen LogP contribution in [-0.2, 0) is 22.6 Å². The quantitative estimate of drug-likeness (QED) is 0.471. The van der Waals surface area contributed by atoms with Gasteiger partial charge in [-0.1, -0.05) is 61.5 Å². The van der Waals surface area contributed by atoms with E-state index >= 15 is 0 Å². The number of nitrogens with one attached hydrogen (secondary N) is 1. The normalized spacial score (nSPS) is 11.9. The van der Waals surface area contributed by atoms with Crippen molar-refractivity contribution >= 4 is 22.6 Å². The minimum Gasteiger partial charge on any atom is -0.497 e. The average Bonchev–Trinajstić information content (AvgIpc) is 2.82. The second kappa shape index (κ2) is 11.5. The third kappa shape index (κ3) is 6.35. The lowest BCUT2D eigenvalue weighted by Crippen LogP contribution is -2.50. The van der Waals surface area contributed by atoms with Gasteiger partial charge in [-0.3, -0.25) is 9.59 Å². The van der Waals surface area contributed by atoms with E-state index < -0.39 is 6.04 Å². The van der Waals surface area contributed by atoms with Crippen LogP contribution in [-0.4, -0.2) is 35.9 Å². The highest BCUT2D eigenvalue weighted by Crippen LogP contribution is 2.22. The van der Waals surface area contributed by atoms with Gasteiger partial charge in [-0.05, 0) is 60.7 Å². The Morgan fingerprint density at radius 1 is 1.00 bits per heavy atom. The Morgan fingerprint density at radius 2 is 1.73 bits per heavy atom. The molecule has 0 aliphatic carbocycles. The van der Waals surface area contributed by atoms with Crippen LogP contribution in [0.25, 0.3) is 10.8 Å². The molecular weight excluding hydrogens is 412 g/mol. The largest absolute Gasteiger partial charge is 0.497 e. The number of amides is 2. The molecule has 0 fully saturated rings. The van der Waals surface area contributed by atoms with Gasteiger partial charge in [0, 0.05) is 19.0 Å². The molecule has 0 heterocycles. The van der Waals surface area contributed by atoms with Crippen LogP contribution in [0.3, 0.4) is 0 Å². The van der Waals surface area contributed by atoms with Gasteiger partial charge in [0.05, 0.1) is 7.11 Å². The van der Waals surface area contributed by atoms with Gasteiger partial charge >= 0.3 is 0 Å². The summed E-state index contributed by atoms with van der Waals surface area (Å²) in [6, 6.07) is 21.5.